The lowest BCUT2D eigenvalue weighted by molar-refractivity contribution is -0.158. The fourth-order valence-electron chi connectivity index (χ4n) is 0.901. The first kappa shape index (κ1) is 14.2. The summed E-state index contributed by atoms with van der Waals surface area (Å²) in [6, 6.07) is 0. The number of carboxylic acid groups (broad SMARTS) is 1. The lowest BCUT2D eigenvalue weighted by atomic mass is 10.1. The number of carboxylic acids is 1. The Morgan fingerprint density at radius 3 is 2.62 bits per heavy atom. The maximum atomic E-state index is 11.3. The highest BCUT2D eigenvalue weighted by Gasteiger charge is 2.27. The van der Waals surface area contributed by atoms with E-state index in [-0.39, 0.29) is 19.1 Å². The molecule has 16 heavy (non-hydrogen) atoms. The van der Waals surface area contributed by atoms with Crippen LogP contribution in [0.4, 0.5) is 0 Å². The highest BCUT2D eigenvalue weighted by atomic mass is 16.5. The van der Waals surface area contributed by atoms with Crippen molar-refractivity contribution in [2.45, 2.75) is 19.8 Å². The number of ether oxygens (including phenoxy) is 1. The average molecular weight is 231 g/mol. The first-order chi connectivity index (χ1) is 7.49. The summed E-state index contributed by atoms with van der Waals surface area (Å²) in [7, 11) is 0. The average Bonchev–Trinajstić information content (AvgIpc) is 2.17. The molecule has 0 saturated carbocycles. The van der Waals surface area contributed by atoms with Crippen molar-refractivity contribution in [3.05, 3.63) is 0 Å². The van der Waals surface area contributed by atoms with Crippen LogP contribution in [0.5, 0.6) is 0 Å². The number of nitrogens with two attached hydrogens (primary N) is 1. The van der Waals surface area contributed by atoms with Gasteiger partial charge >= 0.3 is 11.9 Å². The van der Waals surface area contributed by atoms with E-state index in [1.54, 1.807) is 0 Å². The molecule has 0 heterocycles. The zero-order valence-electron chi connectivity index (χ0n) is 9.16. The summed E-state index contributed by atoms with van der Waals surface area (Å²) in [4.78, 5) is 22.1. The van der Waals surface area contributed by atoms with E-state index in [9.17, 15) is 9.59 Å². The number of guanidine groups is 1. The van der Waals surface area contributed by atoms with Gasteiger partial charge in [0.25, 0.3) is 0 Å². The molecule has 0 fully saturated rings. The summed E-state index contributed by atoms with van der Waals surface area (Å²) in [5, 5.41) is 17.9. The molecule has 7 heteroatoms. The van der Waals surface area contributed by atoms with Crippen LogP contribution in [0, 0.1) is 11.3 Å². The summed E-state index contributed by atoms with van der Waals surface area (Å²) in [5.41, 5.74) is 4.99. The van der Waals surface area contributed by atoms with Gasteiger partial charge in [0.05, 0.1) is 6.61 Å². The Morgan fingerprint density at radius 2 is 2.19 bits per heavy atom. The number of hydrogen-bond donors (Lipinski definition) is 4. The van der Waals surface area contributed by atoms with Crippen LogP contribution in [0.1, 0.15) is 19.8 Å². The molecule has 0 aromatic carbocycles. The van der Waals surface area contributed by atoms with Crippen LogP contribution in [-0.2, 0) is 14.3 Å². The Hall–Kier alpha value is -1.79. The minimum atomic E-state index is -1.33. The Labute approximate surface area is 93.5 Å². The van der Waals surface area contributed by atoms with Crippen LogP contribution in [0.3, 0.4) is 0 Å². The largest absolute Gasteiger partial charge is 0.481 e. The summed E-state index contributed by atoms with van der Waals surface area (Å²) >= 11 is 0. The molecule has 0 aromatic heterocycles. The molecule has 0 amide bonds. The number of aliphatic carboxylic acids is 1. The topological polar surface area (TPSA) is 126 Å². The molecule has 7 nitrogen and oxygen atoms in total. The predicted molar refractivity (Wildman–Crippen MR) is 56.9 cm³/mol. The van der Waals surface area contributed by atoms with Crippen LogP contribution in [0.2, 0.25) is 0 Å². The van der Waals surface area contributed by atoms with Crippen molar-refractivity contribution in [2.24, 2.45) is 11.7 Å². The Balaban J connectivity index is 4.14. The standard InChI is InChI=1S/C9H17N3O4/c1-2-3-4-16-8(15)6(7(13)14)5-12-9(10)11/h6H,2-5H2,1H3,(H,13,14)(H4,10,11,12). The maximum Gasteiger partial charge on any atom is 0.322 e. The quantitative estimate of drug-likeness (QED) is 0.154. The molecular weight excluding hydrogens is 214 g/mol. The van der Waals surface area contributed by atoms with Crippen LogP contribution in [0.25, 0.3) is 0 Å². The molecule has 0 radical (unpaired) electrons. The predicted octanol–water partition coefficient (Wildman–Crippen LogP) is -0.486. The summed E-state index contributed by atoms with van der Waals surface area (Å²) in [6.45, 7) is 1.90. The molecule has 0 rings (SSSR count). The summed E-state index contributed by atoms with van der Waals surface area (Å²) in [6.07, 6.45) is 1.55. The van der Waals surface area contributed by atoms with Crippen molar-refractivity contribution in [1.29, 1.82) is 5.41 Å². The van der Waals surface area contributed by atoms with Gasteiger partial charge in [0.2, 0.25) is 0 Å². The third-order valence-corrected chi connectivity index (χ3v) is 1.82. The van der Waals surface area contributed by atoms with E-state index < -0.39 is 17.9 Å². The van der Waals surface area contributed by atoms with Gasteiger partial charge in [0.15, 0.2) is 11.9 Å². The van der Waals surface area contributed by atoms with Crippen molar-refractivity contribution in [2.75, 3.05) is 13.2 Å². The van der Waals surface area contributed by atoms with E-state index in [4.69, 9.17) is 21.0 Å². The number of esters is 1. The Kier molecular flexibility index (Phi) is 6.66. The van der Waals surface area contributed by atoms with E-state index >= 15 is 0 Å². The molecule has 0 saturated heterocycles. The number of carbonyl (C=O) groups excluding carboxylic acids is 1. The lowest BCUT2D eigenvalue weighted by Gasteiger charge is -2.12. The van der Waals surface area contributed by atoms with Crippen LogP contribution in [-0.4, -0.2) is 36.2 Å². The van der Waals surface area contributed by atoms with Crippen LogP contribution < -0.4 is 11.1 Å². The van der Waals surface area contributed by atoms with Crippen molar-refractivity contribution >= 4 is 17.9 Å². The van der Waals surface area contributed by atoms with Crippen molar-refractivity contribution in [1.82, 2.24) is 5.32 Å². The number of carbonyl (C=O) groups is 2. The maximum absolute atomic E-state index is 11.3. The highest BCUT2D eigenvalue weighted by molar-refractivity contribution is 5.94. The summed E-state index contributed by atoms with van der Waals surface area (Å²) < 4.78 is 4.77. The van der Waals surface area contributed by atoms with E-state index in [2.05, 4.69) is 5.32 Å². The van der Waals surface area contributed by atoms with Gasteiger partial charge in [-0.05, 0) is 6.42 Å². The van der Waals surface area contributed by atoms with E-state index in [1.165, 1.54) is 0 Å². The van der Waals surface area contributed by atoms with Crippen molar-refractivity contribution in [3.63, 3.8) is 0 Å². The fraction of sp³-hybridized carbons (Fsp3) is 0.667. The van der Waals surface area contributed by atoms with Gasteiger partial charge in [-0.3, -0.25) is 15.0 Å². The summed E-state index contributed by atoms with van der Waals surface area (Å²) in [5.74, 6) is -3.82. The first-order valence-electron chi connectivity index (χ1n) is 4.96. The monoisotopic (exact) mass is 231 g/mol. The third kappa shape index (κ3) is 5.84. The second-order valence-corrected chi connectivity index (χ2v) is 3.21. The molecule has 0 bridgehead atoms. The van der Waals surface area contributed by atoms with Gasteiger partial charge in [-0.25, -0.2) is 0 Å². The van der Waals surface area contributed by atoms with Gasteiger partial charge in [0.1, 0.15) is 0 Å². The number of nitrogens with one attached hydrogen (secondary N) is 2. The molecule has 0 aromatic rings. The minimum Gasteiger partial charge on any atom is -0.481 e. The molecule has 5 N–H and O–H groups in total. The van der Waals surface area contributed by atoms with Crippen molar-refractivity contribution < 1.29 is 19.4 Å². The minimum absolute atomic E-state index is 0.208. The van der Waals surface area contributed by atoms with Crippen molar-refractivity contribution in [3.8, 4) is 0 Å². The smallest absolute Gasteiger partial charge is 0.322 e. The Morgan fingerprint density at radius 1 is 1.56 bits per heavy atom. The number of rotatable bonds is 7. The fourth-order valence-corrected chi connectivity index (χ4v) is 0.901. The molecule has 0 spiro atoms. The molecule has 0 aliphatic heterocycles. The lowest BCUT2D eigenvalue weighted by Crippen LogP contribution is -2.40. The number of hydrogen-bond acceptors (Lipinski definition) is 4. The highest BCUT2D eigenvalue weighted by Crippen LogP contribution is 2.00. The zero-order valence-corrected chi connectivity index (χ0v) is 9.16. The van der Waals surface area contributed by atoms with Gasteiger partial charge < -0.3 is 20.9 Å². The second kappa shape index (κ2) is 7.49. The molecule has 1 atom stereocenters. The molecule has 1 unspecified atom stereocenters. The van der Waals surface area contributed by atoms with Crippen LogP contribution >= 0.6 is 0 Å². The first-order valence-corrected chi connectivity index (χ1v) is 4.96. The van der Waals surface area contributed by atoms with Gasteiger partial charge in [-0.2, -0.15) is 0 Å². The van der Waals surface area contributed by atoms with E-state index in [0.29, 0.717) is 6.42 Å². The molecular formula is C9H17N3O4. The third-order valence-electron chi connectivity index (χ3n) is 1.82. The Bertz CT molecular complexity index is 267. The van der Waals surface area contributed by atoms with Gasteiger partial charge in [-0.1, -0.05) is 13.3 Å². The normalized spacial score (nSPS) is 11.6. The van der Waals surface area contributed by atoms with E-state index in [1.807, 2.05) is 6.92 Å². The van der Waals surface area contributed by atoms with Gasteiger partial charge in [0, 0.05) is 6.54 Å². The molecule has 92 valence electrons. The SMILES string of the molecule is CCCCOC(=O)C(CNC(=N)N)C(=O)O. The van der Waals surface area contributed by atoms with Gasteiger partial charge in [-0.15, -0.1) is 0 Å². The van der Waals surface area contributed by atoms with E-state index in [0.717, 1.165) is 6.42 Å². The number of unbranched alkanes of at least 4 members (excludes halogenated alkanes) is 1. The van der Waals surface area contributed by atoms with Crippen LogP contribution in [0.15, 0.2) is 0 Å². The molecule has 0 aliphatic rings. The zero-order chi connectivity index (χ0) is 12.6. The second-order valence-electron chi connectivity index (χ2n) is 3.21. The molecule has 0 aliphatic carbocycles.